The van der Waals surface area contributed by atoms with E-state index in [9.17, 15) is 0 Å². The molecule has 0 N–H and O–H groups in total. The van der Waals surface area contributed by atoms with Gasteiger partial charge in [0.05, 0.1) is 17.5 Å². The van der Waals surface area contributed by atoms with Gasteiger partial charge >= 0.3 is 0 Å². The zero-order valence-electron chi connectivity index (χ0n) is 7.77. The molecule has 0 spiro atoms. The van der Waals surface area contributed by atoms with E-state index in [4.69, 9.17) is 16.9 Å². The van der Waals surface area contributed by atoms with Gasteiger partial charge in [-0.05, 0) is 6.07 Å². The molecule has 74 valence electrons. The van der Waals surface area contributed by atoms with Crippen molar-refractivity contribution < 1.29 is 0 Å². The van der Waals surface area contributed by atoms with Gasteiger partial charge in [-0.1, -0.05) is 29.8 Å². The van der Waals surface area contributed by atoms with Crippen LogP contribution in [0.15, 0.2) is 30.5 Å². The van der Waals surface area contributed by atoms with E-state index in [0.29, 0.717) is 11.4 Å². The Kier molecular flexibility index (Phi) is 3.00. The van der Waals surface area contributed by atoms with Gasteiger partial charge in [-0.2, -0.15) is 5.26 Å². The van der Waals surface area contributed by atoms with Crippen LogP contribution in [0.2, 0.25) is 5.02 Å². The number of nitrogens with zero attached hydrogens (tertiary/aromatic N) is 2. The van der Waals surface area contributed by atoms with Crippen molar-refractivity contribution in [2.24, 2.45) is 0 Å². The first kappa shape index (κ1) is 10.2. The highest BCUT2D eigenvalue weighted by molar-refractivity contribution is 7.15. The Balaban J connectivity index is 2.38. The smallest absolute Gasteiger partial charge is 0.125 e. The summed E-state index contributed by atoms with van der Waals surface area (Å²) in [7, 11) is 0. The summed E-state index contributed by atoms with van der Waals surface area (Å²) in [6.45, 7) is 0. The van der Waals surface area contributed by atoms with E-state index in [1.165, 1.54) is 11.3 Å². The van der Waals surface area contributed by atoms with Crippen LogP contribution < -0.4 is 0 Å². The minimum absolute atomic E-state index is 0.405. The summed E-state index contributed by atoms with van der Waals surface area (Å²) in [5.74, 6) is 0. The van der Waals surface area contributed by atoms with Gasteiger partial charge in [0.25, 0.3) is 0 Å². The number of nitriles is 1. The fraction of sp³-hybridized carbons (Fsp3) is 0.0909. The predicted octanol–water partition coefficient (Wildman–Crippen LogP) is 3.53. The molecule has 0 unspecified atom stereocenters. The van der Waals surface area contributed by atoms with Crippen LogP contribution >= 0.6 is 22.9 Å². The summed E-state index contributed by atoms with van der Waals surface area (Å²) in [5, 5.41) is 10.1. The Morgan fingerprint density at radius 2 is 2.20 bits per heavy atom. The van der Waals surface area contributed by atoms with Crippen LogP contribution in [0, 0.1) is 11.3 Å². The number of hydrogen-bond acceptors (Lipinski definition) is 3. The molecule has 4 heteroatoms. The van der Waals surface area contributed by atoms with Gasteiger partial charge in [-0.15, -0.1) is 11.3 Å². The lowest BCUT2D eigenvalue weighted by Crippen LogP contribution is -1.75. The van der Waals surface area contributed by atoms with Gasteiger partial charge in [-0.25, -0.2) is 4.98 Å². The molecule has 0 aliphatic carbocycles. The first-order valence-corrected chi connectivity index (χ1v) is 5.57. The molecule has 2 nitrogen and oxygen atoms in total. The molecule has 0 aliphatic heterocycles. The number of halogens is 1. The third-order valence-electron chi connectivity index (χ3n) is 1.91. The standard InChI is InChI=1S/C11H7ClN2S/c12-10-4-2-1-3-9(10)11-14-7-8(15-11)5-6-13/h1-4,7H,5H2. The fourth-order valence-corrected chi connectivity index (χ4v) is 2.39. The highest BCUT2D eigenvalue weighted by atomic mass is 35.5. The molecule has 0 atom stereocenters. The summed E-state index contributed by atoms with van der Waals surface area (Å²) >= 11 is 7.55. The third kappa shape index (κ3) is 2.17. The molecule has 0 bridgehead atoms. The van der Waals surface area contributed by atoms with E-state index >= 15 is 0 Å². The van der Waals surface area contributed by atoms with E-state index in [0.717, 1.165) is 15.4 Å². The van der Waals surface area contributed by atoms with Gasteiger partial charge in [0, 0.05) is 16.6 Å². The summed E-state index contributed by atoms with van der Waals surface area (Å²) in [6.07, 6.45) is 2.13. The second-order valence-corrected chi connectivity index (χ2v) is 4.47. The highest BCUT2D eigenvalue weighted by Gasteiger charge is 2.07. The topological polar surface area (TPSA) is 36.7 Å². The SMILES string of the molecule is N#CCc1cnc(-c2ccccc2Cl)s1. The molecule has 0 saturated heterocycles. The Bertz CT molecular complexity index is 513. The normalized spacial score (nSPS) is 9.87. The molecule has 1 aromatic heterocycles. The molecule has 0 aliphatic rings. The van der Waals surface area contributed by atoms with Gasteiger partial charge in [0.15, 0.2) is 0 Å². The van der Waals surface area contributed by atoms with Crippen LogP contribution in [0.3, 0.4) is 0 Å². The molecule has 15 heavy (non-hydrogen) atoms. The van der Waals surface area contributed by atoms with Crippen molar-refractivity contribution in [2.75, 3.05) is 0 Å². The van der Waals surface area contributed by atoms with Crippen LogP contribution in [0.5, 0.6) is 0 Å². The minimum Gasteiger partial charge on any atom is -0.244 e. The second kappa shape index (κ2) is 4.43. The second-order valence-electron chi connectivity index (χ2n) is 2.95. The van der Waals surface area contributed by atoms with Crippen LogP contribution in [-0.2, 0) is 6.42 Å². The maximum absolute atomic E-state index is 8.56. The molecule has 1 aromatic carbocycles. The maximum atomic E-state index is 8.56. The van der Waals surface area contributed by atoms with Gasteiger partial charge in [-0.3, -0.25) is 0 Å². The van der Waals surface area contributed by atoms with Crippen molar-refractivity contribution >= 4 is 22.9 Å². The Hall–Kier alpha value is -1.37. The van der Waals surface area contributed by atoms with Gasteiger partial charge in [0.2, 0.25) is 0 Å². The summed E-state index contributed by atoms with van der Waals surface area (Å²) < 4.78 is 0. The minimum atomic E-state index is 0.405. The number of aromatic nitrogens is 1. The number of hydrogen-bond donors (Lipinski definition) is 0. The fourth-order valence-electron chi connectivity index (χ4n) is 1.23. The van der Waals surface area contributed by atoms with Gasteiger partial charge < -0.3 is 0 Å². The molecule has 0 radical (unpaired) electrons. The highest BCUT2D eigenvalue weighted by Crippen LogP contribution is 2.30. The molecular weight excluding hydrogens is 228 g/mol. The molecular formula is C11H7ClN2S. The van der Waals surface area contributed by atoms with Crippen molar-refractivity contribution in [3.8, 4) is 16.6 Å². The quantitative estimate of drug-likeness (QED) is 0.797. The van der Waals surface area contributed by atoms with E-state index in [2.05, 4.69) is 11.1 Å². The average molecular weight is 235 g/mol. The van der Waals surface area contributed by atoms with Crippen LogP contribution in [0.4, 0.5) is 0 Å². The Labute approximate surface area is 96.8 Å². The van der Waals surface area contributed by atoms with Crippen LogP contribution in [0.25, 0.3) is 10.6 Å². The van der Waals surface area contributed by atoms with Crippen molar-refractivity contribution in [3.63, 3.8) is 0 Å². The van der Waals surface area contributed by atoms with E-state index < -0.39 is 0 Å². The molecule has 1 heterocycles. The zero-order valence-corrected chi connectivity index (χ0v) is 9.35. The molecule has 2 aromatic rings. The number of rotatable bonds is 2. The number of benzene rings is 1. The number of thiazole rings is 1. The monoisotopic (exact) mass is 234 g/mol. The first-order valence-electron chi connectivity index (χ1n) is 4.38. The van der Waals surface area contributed by atoms with Crippen molar-refractivity contribution in [3.05, 3.63) is 40.4 Å². The average Bonchev–Trinajstić information content (AvgIpc) is 2.68. The molecule has 0 saturated carbocycles. The van der Waals surface area contributed by atoms with Crippen molar-refractivity contribution in [2.45, 2.75) is 6.42 Å². The lowest BCUT2D eigenvalue weighted by atomic mass is 10.2. The first-order chi connectivity index (χ1) is 7.31. The lowest BCUT2D eigenvalue weighted by molar-refractivity contribution is 1.28. The van der Waals surface area contributed by atoms with Crippen molar-refractivity contribution in [1.82, 2.24) is 4.98 Å². The zero-order chi connectivity index (χ0) is 10.7. The van der Waals surface area contributed by atoms with E-state index in [-0.39, 0.29) is 0 Å². The van der Waals surface area contributed by atoms with E-state index in [1.807, 2.05) is 24.3 Å². The Morgan fingerprint density at radius 3 is 2.93 bits per heavy atom. The lowest BCUT2D eigenvalue weighted by Gasteiger charge is -1.97. The predicted molar refractivity (Wildman–Crippen MR) is 61.9 cm³/mol. The largest absolute Gasteiger partial charge is 0.244 e. The Morgan fingerprint density at radius 1 is 1.40 bits per heavy atom. The molecule has 0 amide bonds. The van der Waals surface area contributed by atoms with Crippen molar-refractivity contribution in [1.29, 1.82) is 5.26 Å². The van der Waals surface area contributed by atoms with Crippen LogP contribution in [-0.4, -0.2) is 4.98 Å². The maximum Gasteiger partial charge on any atom is 0.125 e. The molecule has 2 rings (SSSR count). The van der Waals surface area contributed by atoms with Crippen LogP contribution in [0.1, 0.15) is 4.88 Å². The van der Waals surface area contributed by atoms with Gasteiger partial charge in [0.1, 0.15) is 5.01 Å². The molecule has 0 fully saturated rings. The summed E-state index contributed by atoms with van der Waals surface area (Å²) in [5.41, 5.74) is 0.924. The summed E-state index contributed by atoms with van der Waals surface area (Å²) in [6, 6.07) is 9.67. The van der Waals surface area contributed by atoms with E-state index in [1.54, 1.807) is 6.20 Å². The summed E-state index contributed by atoms with van der Waals surface area (Å²) in [4.78, 5) is 5.21. The third-order valence-corrected chi connectivity index (χ3v) is 3.27.